The van der Waals surface area contributed by atoms with Gasteiger partial charge < -0.3 is 25.0 Å². The molecule has 2 fully saturated rings. The third kappa shape index (κ3) is 4.83. The second kappa shape index (κ2) is 9.70. The number of aliphatic hydroxyl groups is 1. The van der Waals surface area contributed by atoms with Gasteiger partial charge in [-0.2, -0.15) is 5.10 Å². The van der Waals surface area contributed by atoms with Crippen LogP contribution in [0.25, 0.3) is 0 Å². The molecule has 0 unspecified atom stereocenters. The molecular weight excluding hydrogens is 474 g/mol. The number of amides is 3. The van der Waals surface area contributed by atoms with Crippen molar-refractivity contribution in [2.45, 2.75) is 70.3 Å². The predicted octanol–water partition coefficient (Wildman–Crippen LogP) is 2.41. The van der Waals surface area contributed by atoms with Crippen LogP contribution < -0.4 is 5.32 Å². The molecule has 3 aliphatic rings. The van der Waals surface area contributed by atoms with Crippen LogP contribution in [0.5, 0.6) is 0 Å². The number of anilines is 1. The molecule has 202 valence electrons. The first-order chi connectivity index (χ1) is 17.6. The highest BCUT2D eigenvalue weighted by Gasteiger charge is 2.47. The monoisotopic (exact) mass is 513 g/mol. The molecule has 0 bridgehead atoms. The second-order valence-electron chi connectivity index (χ2n) is 11.1. The minimum absolute atomic E-state index is 0. The number of carbonyl (C=O) groups excluding carboxylic acids is 2. The Morgan fingerprint density at radius 1 is 1.22 bits per heavy atom. The lowest BCUT2D eigenvalue weighted by atomic mass is 9.92. The molecule has 11 nitrogen and oxygen atoms in total. The molecule has 3 aliphatic heterocycles. The highest BCUT2D eigenvalue weighted by atomic mass is 16.5. The summed E-state index contributed by atoms with van der Waals surface area (Å²) in [5.41, 5.74) is 0.573. The summed E-state index contributed by atoms with van der Waals surface area (Å²) in [5.74, 6) is 0.0761. The molecule has 2 aromatic rings. The smallest absolute Gasteiger partial charge is 0.321 e. The second-order valence-corrected chi connectivity index (χ2v) is 11.1. The van der Waals surface area contributed by atoms with Crippen molar-refractivity contribution < 1.29 is 20.9 Å². The summed E-state index contributed by atoms with van der Waals surface area (Å²) in [6.07, 6.45) is 2.85. The molecule has 11 heteroatoms. The van der Waals surface area contributed by atoms with Crippen molar-refractivity contribution >= 4 is 17.8 Å². The molecule has 2 atom stereocenters. The topological polar surface area (TPSA) is 127 Å². The number of piperazine rings is 1. The Hall–Kier alpha value is -3.02. The third-order valence-electron chi connectivity index (χ3n) is 8.11. The van der Waals surface area contributed by atoms with Crippen molar-refractivity contribution in [2.75, 3.05) is 38.2 Å². The van der Waals surface area contributed by atoms with Gasteiger partial charge in [-0.05, 0) is 39.8 Å². The van der Waals surface area contributed by atoms with E-state index in [-0.39, 0.29) is 25.4 Å². The average Bonchev–Trinajstić information content (AvgIpc) is 3.39. The van der Waals surface area contributed by atoms with Crippen LogP contribution in [0.15, 0.2) is 24.4 Å². The number of urea groups is 1. The van der Waals surface area contributed by atoms with E-state index >= 15 is 0 Å². The lowest BCUT2D eigenvalue weighted by molar-refractivity contribution is -0.0934. The quantitative estimate of drug-likeness (QED) is 0.573. The molecular formula is C26H39N7O4. The number of nitrogens with one attached hydrogen (secondary N) is 2. The molecule has 0 saturated carbocycles. The lowest BCUT2D eigenvalue weighted by Crippen LogP contribution is -2.63. The molecule has 3 N–H and O–H groups in total. The third-order valence-corrected chi connectivity index (χ3v) is 8.11. The SMILES string of the molecule is C[C@@H]1CN(C(=O)N2Cc3c(NC(=O)c4ccccn4)n[nH]c3C2(C)C)[C@@H](C)CN1CC1(O)CCOCC1.[HH]. The van der Waals surface area contributed by atoms with Gasteiger partial charge in [-0.15, -0.1) is 0 Å². The van der Waals surface area contributed by atoms with Crippen LogP contribution in [0.1, 0.15) is 63.7 Å². The number of β-amino-alcohol motifs (C(OH)–C–C–N with tert-alkyl or cyclic N) is 1. The van der Waals surface area contributed by atoms with Crippen LogP contribution in [0.2, 0.25) is 0 Å². The van der Waals surface area contributed by atoms with E-state index in [9.17, 15) is 14.7 Å². The number of hydrogen-bond donors (Lipinski definition) is 3. The van der Waals surface area contributed by atoms with Gasteiger partial charge in [0, 0.05) is 71.0 Å². The van der Waals surface area contributed by atoms with Crippen LogP contribution in [0, 0.1) is 0 Å². The summed E-state index contributed by atoms with van der Waals surface area (Å²) in [6, 6.07) is 5.22. The number of aromatic amines is 1. The Bertz CT molecular complexity index is 1150. The summed E-state index contributed by atoms with van der Waals surface area (Å²) in [7, 11) is 0. The normalized spacial score (nSPS) is 25.1. The van der Waals surface area contributed by atoms with E-state index in [2.05, 4.69) is 39.2 Å². The Labute approximate surface area is 218 Å². The van der Waals surface area contributed by atoms with Gasteiger partial charge in [-0.25, -0.2) is 4.79 Å². The Morgan fingerprint density at radius 2 is 1.97 bits per heavy atom. The zero-order valence-corrected chi connectivity index (χ0v) is 22.0. The zero-order valence-electron chi connectivity index (χ0n) is 22.0. The van der Waals surface area contributed by atoms with Crippen molar-refractivity contribution in [3.8, 4) is 0 Å². The lowest BCUT2D eigenvalue weighted by Gasteiger charge is -2.49. The first kappa shape index (κ1) is 25.6. The standard InChI is InChI=1S/C26H37N7O4.H2/c1-17-14-32(18(2)13-31(17)16-26(36)8-11-37-12-9-26)24(35)33-15-19-21(25(33,3)4)29-30-22(19)28-23(34)20-7-5-6-10-27-20;/h5-7,10,17-18,36H,8-9,11-16H2,1-4H3,(H2,28,29,30,34);1H/t17-,18+;/m1./s1. The van der Waals surface area contributed by atoms with Gasteiger partial charge in [0.05, 0.1) is 23.4 Å². The first-order valence-electron chi connectivity index (χ1n) is 13.0. The summed E-state index contributed by atoms with van der Waals surface area (Å²) in [4.78, 5) is 36.7. The number of rotatable bonds is 4. The van der Waals surface area contributed by atoms with Gasteiger partial charge in [0.15, 0.2) is 5.82 Å². The number of fused-ring (bicyclic) bond motifs is 1. The molecule has 3 amide bonds. The zero-order chi connectivity index (χ0) is 26.4. The number of ether oxygens (including phenoxy) is 1. The van der Waals surface area contributed by atoms with Crippen LogP contribution in [-0.2, 0) is 16.8 Å². The summed E-state index contributed by atoms with van der Waals surface area (Å²) >= 11 is 0. The van der Waals surface area contributed by atoms with E-state index in [1.54, 1.807) is 24.4 Å². The van der Waals surface area contributed by atoms with Gasteiger partial charge in [0.1, 0.15) is 5.69 Å². The highest BCUT2D eigenvalue weighted by molar-refractivity contribution is 6.02. The Balaban J connectivity index is 0.00000336. The van der Waals surface area contributed by atoms with Gasteiger partial charge in [0.2, 0.25) is 0 Å². The molecule has 0 spiro atoms. The minimum atomic E-state index is -0.735. The van der Waals surface area contributed by atoms with Gasteiger partial charge >= 0.3 is 6.03 Å². The van der Waals surface area contributed by atoms with Gasteiger partial charge in [-0.3, -0.25) is 19.8 Å². The van der Waals surface area contributed by atoms with Crippen LogP contribution in [0.4, 0.5) is 10.6 Å². The number of pyridine rings is 1. The van der Waals surface area contributed by atoms with Crippen molar-refractivity contribution in [1.82, 2.24) is 29.9 Å². The molecule has 5 rings (SSSR count). The molecule has 37 heavy (non-hydrogen) atoms. The Morgan fingerprint density at radius 3 is 2.68 bits per heavy atom. The fourth-order valence-electron chi connectivity index (χ4n) is 5.72. The maximum Gasteiger partial charge on any atom is 0.321 e. The van der Waals surface area contributed by atoms with Gasteiger partial charge in [-0.1, -0.05) is 6.07 Å². The summed E-state index contributed by atoms with van der Waals surface area (Å²) in [6.45, 7) is 11.5. The Kier molecular flexibility index (Phi) is 6.71. The fourth-order valence-corrected chi connectivity index (χ4v) is 5.72. The van der Waals surface area contributed by atoms with E-state index in [0.717, 1.165) is 11.3 Å². The van der Waals surface area contributed by atoms with Crippen LogP contribution >= 0.6 is 0 Å². The molecule has 0 aromatic carbocycles. The first-order valence-corrected chi connectivity index (χ1v) is 13.0. The van der Waals surface area contributed by atoms with Gasteiger partial charge in [0.25, 0.3) is 5.91 Å². The largest absolute Gasteiger partial charge is 0.388 e. The van der Waals surface area contributed by atoms with Crippen LogP contribution in [0.3, 0.4) is 0 Å². The highest BCUT2D eigenvalue weighted by Crippen LogP contribution is 2.41. The van der Waals surface area contributed by atoms with E-state index < -0.39 is 11.1 Å². The number of aromatic nitrogens is 3. The molecule has 2 saturated heterocycles. The number of H-pyrrole nitrogens is 1. The number of carbonyl (C=O) groups is 2. The molecule has 2 aromatic heterocycles. The molecule has 0 radical (unpaired) electrons. The van der Waals surface area contributed by atoms with E-state index in [0.29, 0.717) is 63.7 Å². The maximum absolute atomic E-state index is 13.9. The van der Waals surface area contributed by atoms with Crippen LogP contribution in [-0.4, -0.2) is 97.5 Å². The number of hydrogen-bond acceptors (Lipinski definition) is 7. The van der Waals surface area contributed by atoms with E-state index in [1.165, 1.54) is 0 Å². The molecule has 5 heterocycles. The maximum atomic E-state index is 13.9. The minimum Gasteiger partial charge on any atom is -0.388 e. The number of nitrogens with zero attached hydrogens (tertiary/aromatic N) is 5. The average molecular weight is 514 g/mol. The van der Waals surface area contributed by atoms with Crippen molar-refractivity contribution in [2.24, 2.45) is 0 Å². The summed E-state index contributed by atoms with van der Waals surface area (Å²) in [5, 5.41) is 21.3. The van der Waals surface area contributed by atoms with E-state index in [4.69, 9.17) is 4.74 Å². The van der Waals surface area contributed by atoms with Crippen molar-refractivity contribution in [3.05, 3.63) is 41.3 Å². The predicted molar refractivity (Wildman–Crippen MR) is 139 cm³/mol. The van der Waals surface area contributed by atoms with Crippen molar-refractivity contribution in [3.63, 3.8) is 0 Å². The fraction of sp³-hybridized carbons (Fsp3) is 0.615. The van der Waals surface area contributed by atoms with E-state index in [1.807, 2.05) is 23.6 Å². The molecule has 0 aliphatic carbocycles. The van der Waals surface area contributed by atoms with Crippen molar-refractivity contribution in [1.29, 1.82) is 0 Å². The summed E-state index contributed by atoms with van der Waals surface area (Å²) < 4.78 is 5.43.